The van der Waals surface area contributed by atoms with Crippen LogP contribution in [0.2, 0.25) is 0 Å². The Morgan fingerprint density at radius 3 is 2.78 bits per heavy atom. The number of benzene rings is 1. The van der Waals surface area contributed by atoms with E-state index in [1.54, 1.807) is 11.3 Å². The van der Waals surface area contributed by atoms with E-state index in [9.17, 15) is 0 Å². The summed E-state index contributed by atoms with van der Waals surface area (Å²) in [4.78, 5) is 4.42. The zero-order valence-corrected chi connectivity index (χ0v) is 10.9. The quantitative estimate of drug-likeness (QED) is 0.902. The topological polar surface area (TPSA) is 57.4 Å². The summed E-state index contributed by atoms with van der Waals surface area (Å²) in [6.45, 7) is 3.16. The molecule has 1 unspecified atom stereocenters. The molecule has 94 valence electrons. The lowest BCUT2D eigenvalue weighted by Crippen LogP contribution is -2.17. The van der Waals surface area contributed by atoms with E-state index in [-0.39, 0.29) is 6.04 Å². The van der Waals surface area contributed by atoms with Crippen LogP contribution in [0, 0.1) is 6.92 Å². The Kier molecular flexibility index (Phi) is 2.93. The summed E-state index contributed by atoms with van der Waals surface area (Å²) in [6, 6.07) is 5.61. The van der Waals surface area contributed by atoms with Gasteiger partial charge in [-0.2, -0.15) is 0 Å². The molecule has 3 rings (SSSR count). The van der Waals surface area contributed by atoms with E-state index in [1.807, 2.05) is 30.5 Å². The van der Waals surface area contributed by atoms with E-state index >= 15 is 0 Å². The van der Waals surface area contributed by atoms with Crippen LogP contribution in [-0.4, -0.2) is 18.2 Å². The number of thiazole rings is 1. The minimum Gasteiger partial charge on any atom is -0.486 e. The molecule has 0 fully saturated rings. The number of ether oxygens (including phenoxy) is 2. The number of aromatic nitrogens is 1. The van der Waals surface area contributed by atoms with Gasteiger partial charge in [0.05, 0.1) is 6.04 Å². The molecule has 2 aromatic rings. The Morgan fingerprint density at radius 1 is 1.28 bits per heavy atom. The third-order valence-corrected chi connectivity index (χ3v) is 3.87. The van der Waals surface area contributed by atoms with Crippen molar-refractivity contribution in [1.82, 2.24) is 4.98 Å². The molecule has 0 saturated heterocycles. The first-order valence-corrected chi connectivity index (χ1v) is 6.69. The van der Waals surface area contributed by atoms with E-state index in [4.69, 9.17) is 15.2 Å². The Bertz CT molecular complexity index is 568. The highest BCUT2D eigenvalue weighted by Crippen LogP contribution is 2.34. The van der Waals surface area contributed by atoms with Crippen LogP contribution in [0.1, 0.15) is 22.3 Å². The van der Waals surface area contributed by atoms with Gasteiger partial charge in [-0.05, 0) is 24.6 Å². The van der Waals surface area contributed by atoms with Gasteiger partial charge in [-0.3, -0.25) is 0 Å². The minimum atomic E-state index is -0.209. The maximum absolute atomic E-state index is 6.21. The summed E-state index contributed by atoms with van der Waals surface area (Å²) in [5.41, 5.74) is 8.21. The maximum Gasteiger partial charge on any atom is 0.161 e. The molecular weight excluding hydrogens is 248 g/mol. The predicted octanol–water partition coefficient (Wildman–Crippen LogP) is 2.27. The van der Waals surface area contributed by atoms with Crippen molar-refractivity contribution < 1.29 is 9.47 Å². The first-order chi connectivity index (χ1) is 8.74. The van der Waals surface area contributed by atoms with Crippen molar-refractivity contribution in [1.29, 1.82) is 0 Å². The Hall–Kier alpha value is -1.59. The van der Waals surface area contributed by atoms with Crippen molar-refractivity contribution in [3.63, 3.8) is 0 Å². The van der Waals surface area contributed by atoms with Crippen molar-refractivity contribution in [2.75, 3.05) is 13.2 Å². The summed E-state index contributed by atoms with van der Waals surface area (Å²) in [7, 11) is 0. The first-order valence-electron chi connectivity index (χ1n) is 5.81. The Balaban J connectivity index is 1.92. The number of fused-ring (bicyclic) bond motifs is 1. The van der Waals surface area contributed by atoms with Crippen molar-refractivity contribution in [3.05, 3.63) is 39.8 Å². The Labute approximate surface area is 109 Å². The molecule has 1 aromatic heterocycles. The molecule has 2 N–H and O–H groups in total. The molecular formula is C13H14N2O2S. The molecule has 2 heterocycles. The average molecular weight is 262 g/mol. The normalized spacial score (nSPS) is 15.4. The molecule has 1 aromatic carbocycles. The second kappa shape index (κ2) is 4.59. The zero-order valence-electron chi connectivity index (χ0n) is 10.1. The van der Waals surface area contributed by atoms with Crippen LogP contribution < -0.4 is 15.2 Å². The highest BCUT2D eigenvalue weighted by atomic mass is 32.1. The van der Waals surface area contributed by atoms with Crippen LogP contribution in [0.25, 0.3) is 0 Å². The standard InChI is InChI=1S/C13H14N2O2S/c1-8-7-18-13(15-8)12(14)9-2-3-10-11(6-9)17-5-4-16-10/h2-3,6-7,12H,4-5,14H2,1H3. The molecule has 0 aliphatic carbocycles. The van der Waals surface area contributed by atoms with Crippen molar-refractivity contribution in [3.8, 4) is 11.5 Å². The molecule has 5 heteroatoms. The molecule has 18 heavy (non-hydrogen) atoms. The second-order valence-corrected chi connectivity index (χ2v) is 5.10. The van der Waals surface area contributed by atoms with Gasteiger partial charge in [0.1, 0.15) is 18.2 Å². The van der Waals surface area contributed by atoms with Crippen molar-refractivity contribution in [2.45, 2.75) is 13.0 Å². The fourth-order valence-corrected chi connectivity index (χ4v) is 2.73. The van der Waals surface area contributed by atoms with Crippen LogP contribution in [0.5, 0.6) is 11.5 Å². The number of aryl methyl sites for hydroxylation is 1. The summed E-state index contributed by atoms with van der Waals surface area (Å²) in [6.07, 6.45) is 0. The molecule has 0 amide bonds. The molecule has 4 nitrogen and oxygen atoms in total. The van der Waals surface area contributed by atoms with Crippen LogP contribution >= 0.6 is 11.3 Å². The van der Waals surface area contributed by atoms with Gasteiger partial charge in [-0.15, -0.1) is 11.3 Å². The summed E-state index contributed by atoms with van der Waals surface area (Å²) >= 11 is 1.58. The van der Waals surface area contributed by atoms with Crippen molar-refractivity contribution >= 4 is 11.3 Å². The minimum absolute atomic E-state index is 0.209. The molecule has 0 spiro atoms. The maximum atomic E-state index is 6.21. The predicted molar refractivity (Wildman–Crippen MR) is 70.3 cm³/mol. The molecule has 0 bridgehead atoms. The number of rotatable bonds is 2. The van der Waals surface area contributed by atoms with Gasteiger partial charge in [0.25, 0.3) is 0 Å². The SMILES string of the molecule is Cc1csc(C(N)c2ccc3c(c2)OCCO3)n1. The van der Waals surface area contributed by atoms with Gasteiger partial charge < -0.3 is 15.2 Å². The van der Waals surface area contributed by atoms with Crippen LogP contribution in [0.15, 0.2) is 23.6 Å². The van der Waals surface area contributed by atoms with Crippen LogP contribution in [0.3, 0.4) is 0 Å². The summed E-state index contributed by atoms with van der Waals surface area (Å²) in [5.74, 6) is 1.55. The van der Waals surface area contributed by atoms with Gasteiger partial charge in [0, 0.05) is 11.1 Å². The lowest BCUT2D eigenvalue weighted by molar-refractivity contribution is 0.171. The lowest BCUT2D eigenvalue weighted by atomic mass is 10.1. The van der Waals surface area contributed by atoms with E-state index < -0.39 is 0 Å². The Morgan fingerprint density at radius 2 is 2.06 bits per heavy atom. The van der Waals surface area contributed by atoms with Crippen molar-refractivity contribution in [2.24, 2.45) is 5.73 Å². The number of nitrogens with zero attached hydrogens (tertiary/aromatic N) is 1. The van der Waals surface area contributed by atoms with E-state index in [0.717, 1.165) is 27.8 Å². The molecule has 0 saturated carbocycles. The molecule has 0 radical (unpaired) electrons. The van der Waals surface area contributed by atoms with Gasteiger partial charge in [0.15, 0.2) is 11.5 Å². The van der Waals surface area contributed by atoms with Gasteiger partial charge >= 0.3 is 0 Å². The fraction of sp³-hybridized carbons (Fsp3) is 0.308. The molecule has 1 aliphatic heterocycles. The van der Waals surface area contributed by atoms with Crippen LogP contribution in [0.4, 0.5) is 0 Å². The van der Waals surface area contributed by atoms with Gasteiger partial charge in [-0.1, -0.05) is 6.07 Å². The van der Waals surface area contributed by atoms with Crippen LogP contribution in [-0.2, 0) is 0 Å². The largest absolute Gasteiger partial charge is 0.486 e. The highest BCUT2D eigenvalue weighted by Gasteiger charge is 2.17. The third-order valence-electron chi connectivity index (χ3n) is 2.83. The summed E-state index contributed by atoms with van der Waals surface area (Å²) in [5, 5.41) is 2.93. The van der Waals surface area contributed by atoms with E-state index in [2.05, 4.69) is 4.98 Å². The van der Waals surface area contributed by atoms with Gasteiger partial charge in [-0.25, -0.2) is 4.98 Å². The smallest absolute Gasteiger partial charge is 0.161 e. The number of nitrogens with two attached hydrogens (primary N) is 1. The van der Waals surface area contributed by atoms with E-state index in [1.165, 1.54) is 0 Å². The summed E-state index contributed by atoms with van der Waals surface area (Å²) < 4.78 is 11.0. The lowest BCUT2D eigenvalue weighted by Gasteiger charge is -2.20. The first kappa shape index (κ1) is 11.5. The fourth-order valence-electron chi connectivity index (χ4n) is 1.91. The zero-order chi connectivity index (χ0) is 12.5. The third kappa shape index (κ3) is 2.07. The number of hydrogen-bond donors (Lipinski definition) is 1. The second-order valence-electron chi connectivity index (χ2n) is 4.21. The monoisotopic (exact) mass is 262 g/mol. The highest BCUT2D eigenvalue weighted by molar-refractivity contribution is 7.09. The molecule has 1 atom stereocenters. The van der Waals surface area contributed by atoms with E-state index in [0.29, 0.717) is 13.2 Å². The average Bonchev–Trinajstić information content (AvgIpc) is 2.84. The molecule has 1 aliphatic rings. The number of hydrogen-bond acceptors (Lipinski definition) is 5. The van der Waals surface area contributed by atoms with Gasteiger partial charge in [0.2, 0.25) is 0 Å².